The zero-order valence-electron chi connectivity index (χ0n) is 16.2. The maximum Gasteiger partial charge on any atom is 0.227 e. The van der Waals surface area contributed by atoms with Gasteiger partial charge in [0.2, 0.25) is 5.91 Å². The van der Waals surface area contributed by atoms with Gasteiger partial charge in [-0.2, -0.15) is 0 Å². The third-order valence-corrected chi connectivity index (χ3v) is 5.25. The van der Waals surface area contributed by atoms with Crippen LogP contribution in [-0.4, -0.2) is 29.2 Å². The number of hydrogen-bond acceptors (Lipinski definition) is 5. The number of aromatic nitrogens is 2. The van der Waals surface area contributed by atoms with E-state index in [1.807, 2.05) is 43.3 Å². The number of carbonyl (C=O) groups is 1. The molecule has 1 aliphatic rings. The molecule has 0 saturated carbocycles. The molecule has 1 saturated heterocycles. The fourth-order valence-corrected chi connectivity index (χ4v) is 3.61. The number of benzene rings is 1. The van der Waals surface area contributed by atoms with Crippen molar-refractivity contribution in [3.63, 3.8) is 0 Å². The predicted molar refractivity (Wildman–Crippen MR) is 109 cm³/mol. The lowest BCUT2D eigenvalue weighted by molar-refractivity contribution is -0.120. The minimum atomic E-state index is 0.0207. The zero-order chi connectivity index (χ0) is 19.5. The first kappa shape index (κ1) is 18.2. The minimum absolute atomic E-state index is 0.0207. The van der Waals surface area contributed by atoms with E-state index in [-0.39, 0.29) is 11.8 Å². The van der Waals surface area contributed by atoms with Gasteiger partial charge in [-0.05, 0) is 62.6 Å². The summed E-state index contributed by atoms with van der Waals surface area (Å²) in [7, 11) is 0. The van der Waals surface area contributed by atoms with Crippen LogP contribution in [0.4, 0.5) is 11.5 Å². The summed E-state index contributed by atoms with van der Waals surface area (Å²) in [6.07, 6.45) is 3.23. The van der Waals surface area contributed by atoms with Gasteiger partial charge in [0.05, 0.1) is 6.26 Å². The van der Waals surface area contributed by atoms with E-state index in [1.165, 1.54) is 5.56 Å². The molecular formula is C22H24N4O2. The van der Waals surface area contributed by atoms with E-state index in [0.29, 0.717) is 5.76 Å². The Bertz CT molecular complexity index is 943. The summed E-state index contributed by atoms with van der Waals surface area (Å²) in [5.41, 5.74) is 3.91. The van der Waals surface area contributed by atoms with Crippen LogP contribution in [0.5, 0.6) is 0 Å². The average molecular weight is 376 g/mol. The Balaban J connectivity index is 1.34. The highest BCUT2D eigenvalue weighted by Crippen LogP contribution is 2.25. The summed E-state index contributed by atoms with van der Waals surface area (Å²) in [6.45, 7) is 5.66. The number of rotatable bonds is 4. The van der Waals surface area contributed by atoms with Gasteiger partial charge < -0.3 is 14.6 Å². The van der Waals surface area contributed by atoms with Crippen LogP contribution in [0, 0.1) is 19.8 Å². The topological polar surface area (TPSA) is 71.3 Å². The molecule has 1 aromatic carbocycles. The van der Waals surface area contributed by atoms with Crippen molar-refractivity contribution in [2.75, 3.05) is 23.3 Å². The van der Waals surface area contributed by atoms with Gasteiger partial charge in [-0.15, -0.1) is 10.2 Å². The average Bonchev–Trinajstić information content (AvgIpc) is 3.25. The van der Waals surface area contributed by atoms with Gasteiger partial charge in [0, 0.05) is 24.7 Å². The lowest BCUT2D eigenvalue weighted by Crippen LogP contribution is -2.38. The fraction of sp³-hybridized carbons (Fsp3) is 0.318. The van der Waals surface area contributed by atoms with E-state index in [4.69, 9.17) is 4.42 Å². The van der Waals surface area contributed by atoms with Gasteiger partial charge in [-0.25, -0.2) is 0 Å². The Morgan fingerprint density at radius 2 is 1.93 bits per heavy atom. The Labute approximate surface area is 164 Å². The second-order valence-corrected chi connectivity index (χ2v) is 7.32. The smallest absolute Gasteiger partial charge is 0.227 e. The van der Waals surface area contributed by atoms with Crippen molar-refractivity contribution < 1.29 is 9.21 Å². The first-order chi connectivity index (χ1) is 13.6. The molecule has 1 N–H and O–H groups in total. The van der Waals surface area contributed by atoms with Crippen LogP contribution in [0.3, 0.4) is 0 Å². The van der Waals surface area contributed by atoms with Crippen LogP contribution >= 0.6 is 0 Å². The third-order valence-electron chi connectivity index (χ3n) is 5.25. The van der Waals surface area contributed by atoms with Crippen molar-refractivity contribution in [3.8, 4) is 11.5 Å². The summed E-state index contributed by atoms with van der Waals surface area (Å²) in [5.74, 6) is 1.67. The molecule has 3 aromatic rings. The molecule has 0 spiro atoms. The van der Waals surface area contributed by atoms with Crippen molar-refractivity contribution >= 4 is 17.4 Å². The highest BCUT2D eigenvalue weighted by atomic mass is 16.3. The SMILES string of the molecule is Cc1ccc(NC(=O)C2CCN(c3ccc(-c4ccco4)nn3)CC2)c(C)c1. The van der Waals surface area contributed by atoms with E-state index in [2.05, 4.69) is 33.4 Å². The highest BCUT2D eigenvalue weighted by molar-refractivity contribution is 5.93. The number of furan rings is 1. The normalized spacial score (nSPS) is 14.9. The summed E-state index contributed by atoms with van der Waals surface area (Å²) < 4.78 is 5.35. The van der Waals surface area contributed by atoms with Crippen LogP contribution in [0.15, 0.2) is 53.1 Å². The molecule has 6 heteroatoms. The van der Waals surface area contributed by atoms with E-state index in [0.717, 1.165) is 48.7 Å². The van der Waals surface area contributed by atoms with E-state index in [9.17, 15) is 4.79 Å². The number of amides is 1. The minimum Gasteiger partial charge on any atom is -0.463 e. The van der Waals surface area contributed by atoms with Crippen LogP contribution < -0.4 is 10.2 Å². The lowest BCUT2D eigenvalue weighted by atomic mass is 9.95. The molecule has 0 unspecified atom stereocenters. The molecule has 0 radical (unpaired) electrons. The Kier molecular flexibility index (Phi) is 5.10. The number of aryl methyl sites for hydroxylation is 2. The number of nitrogens with one attached hydrogen (secondary N) is 1. The van der Waals surface area contributed by atoms with Gasteiger partial charge in [0.25, 0.3) is 0 Å². The standard InChI is InChI=1S/C22H24N4O2/c1-15-5-6-18(16(2)14-15)23-22(27)17-9-11-26(12-10-17)21-8-7-19(24-25-21)20-4-3-13-28-20/h3-8,13-14,17H,9-12H2,1-2H3,(H,23,27). The third kappa shape index (κ3) is 3.91. The van der Waals surface area contributed by atoms with E-state index < -0.39 is 0 Å². The van der Waals surface area contributed by atoms with Crippen molar-refractivity contribution in [3.05, 3.63) is 59.9 Å². The maximum atomic E-state index is 12.7. The molecule has 0 atom stereocenters. The lowest BCUT2D eigenvalue weighted by Gasteiger charge is -2.31. The molecule has 0 bridgehead atoms. The number of anilines is 2. The summed E-state index contributed by atoms with van der Waals surface area (Å²) >= 11 is 0. The van der Waals surface area contributed by atoms with Crippen LogP contribution in [0.1, 0.15) is 24.0 Å². The maximum absolute atomic E-state index is 12.7. The molecule has 144 valence electrons. The number of hydrogen-bond donors (Lipinski definition) is 1. The first-order valence-corrected chi connectivity index (χ1v) is 9.61. The molecule has 1 fully saturated rings. The molecule has 1 aliphatic heterocycles. The van der Waals surface area contributed by atoms with Crippen LogP contribution in [0.25, 0.3) is 11.5 Å². The van der Waals surface area contributed by atoms with E-state index in [1.54, 1.807) is 6.26 Å². The molecule has 3 heterocycles. The van der Waals surface area contributed by atoms with E-state index >= 15 is 0 Å². The molecule has 2 aromatic heterocycles. The zero-order valence-corrected chi connectivity index (χ0v) is 16.2. The van der Waals surface area contributed by atoms with Crippen molar-refractivity contribution in [2.45, 2.75) is 26.7 Å². The van der Waals surface area contributed by atoms with Crippen molar-refractivity contribution in [2.24, 2.45) is 5.92 Å². The van der Waals surface area contributed by atoms with Gasteiger partial charge in [-0.3, -0.25) is 4.79 Å². The quantitative estimate of drug-likeness (QED) is 0.739. The second kappa shape index (κ2) is 7.84. The van der Waals surface area contributed by atoms with Crippen LogP contribution in [0.2, 0.25) is 0 Å². The molecule has 6 nitrogen and oxygen atoms in total. The summed E-state index contributed by atoms with van der Waals surface area (Å²) in [5, 5.41) is 11.7. The number of piperidine rings is 1. The molecule has 1 amide bonds. The summed E-state index contributed by atoms with van der Waals surface area (Å²) in [4.78, 5) is 14.8. The number of nitrogens with zero attached hydrogens (tertiary/aromatic N) is 3. The van der Waals surface area contributed by atoms with Gasteiger partial charge in [-0.1, -0.05) is 17.7 Å². The molecule has 4 rings (SSSR count). The van der Waals surface area contributed by atoms with Crippen molar-refractivity contribution in [1.29, 1.82) is 0 Å². The second-order valence-electron chi connectivity index (χ2n) is 7.32. The fourth-order valence-electron chi connectivity index (χ4n) is 3.61. The highest BCUT2D eigenvalue weighted by Gasteiger charge is 2.26. The molecule has 0 aliphatic carbocycles. The predicted octanol–water partition coefficient (Wildman–Crippen LogP) is 4.21. The van der Waals surface area contributed by atoms with Gasteiger partial charge in [0.15, 0.2) is 11.6 Å². The van der Waals surface area contributed by atoms with Gasteiger partial charge in [0.1, 0.15) is 5.69 Å². The Morgan fingerprint density at radius 1 is 1.11 bits per heavy atom. The largest absolute Gasteiger partial charge is 0.463 e. The van der Waals surface area contributed by atoms with Crippen molar-refractivity contribution in [1.82, 2.24) is 10.2 Å². The number of carbonyl (C=O) groups excluding carboxylic acids is 1. The monoisotopic (exact) mass is 376 g/mol. The van der Waals surface area contributed by atoms with Gasteiger partial charge >= 0.3 is 0 Å². The van der Waals surface area contributed by atoms with Crippen LogP contribution in [-0.2, 0) is 4.79 Å². The summed E-state index contributed by atoms with van der Waals surface area (Å²) in [6, 6.07) is 13.7. The molecular weight excluding hydrogens is 352 g/mol. The first-order valence-electron chi connectivity index (χ1n) is 9.61. The molecule has 28 heavy (non-hydrogen) atoms. The Morgan fingerprint density at radius 3 is 2.57 bits per heavy atom. The Hall–Kier alpha value is -3.15.